The van der Waals surface area contributed by atoms with Crippen LogP contribution in [0.4, 0.5) is 0 Å². The van der Waals surface area contributed by atoms with E-state index in [2.05, 4.69) is 21.9 Å². The maximum Gasteiger partial charge on any atom is 0.190 e. The molecule has 1 aliphatic rings. The Morgan fingerprint density at radius 2 is 1.91 bits per heavy atom. The van der Waals surface area contributed by atoms with Crippen molar-refractivity contribution in [3.63, 3.8) is 0 Å². The predicted molar refractivity (Wildman–Crippen MR) is 107 cm³/mol. The normalized spacial score (nSPS) is 16.2. The van der Waals surface area contributed by atoms with Crippen LogP contribution in [0.5, 0.6) is 0 Å². The van der Waals surface area contributed by atoms with Gasteiger partial charge in [0.2, 0.25) is 0 Å². The smallest absolute Gasteiger partial charge is 0.190 e. The van der Waals surface area contributed by atoms with Crippen molar-refractivity contribution in [3.05, 3.63) is 0 Å². The van der Waals surface area contributed by atoms with Gasteiger partial charge in [0.1, 0.15) is 0 Å². The molecule has 0 saturated carbocycles. The summed E-state index contributed by atoms with van der Waals surface area (Å²) in [7, 11) is 1.81. The fraction of sp³-hybridized carbons (Fsp3) is 0.933. The van der Waals surface area contributed by atoms with Crippen LogP contribution in [0.1, 0.15) is 25.7 Å². The van der Waals surface area contributed by atoms with Gasteiger partial charge in [-0.15, -0.1) is 24.0 Å². The summed E-state index contributed by atoms with van der Waals surface area (Å²) in [6.45, 7) is 5.36. The highest BCUT2D eigenvalue weighted by atomic mass is 127. The van der Waals surface area contributed by atoms with Gasteiger partial charge in [-0.3, -0.25) is 4.99 Å². The molecule has 0 aromatic carbocycles. The van der Waals surface area contributed by atoms with Crippen molar-refractivity contribution in [2.45, 2.75) is 25.7 Å². The second-order valence-corrected chi connectivity index (χ2v) is 6.24. The van der Waals surface area contributed by atoms with Gasteiger partial charge in [0, 0.05) is 46.6 Å². The van der Waals surface area contributed by atoms with Crippen molar-refractivity contribution >= 4 is 41.7 Å². The molecule has 1 saturated heterocycles. The minimum Gasteiger partial charge on any atom is -0.381 e. The van der Waals surface area contributed by atoms with E-state index in [1.54, 1.807) is 0 Å². The fourth-order valence-electron chi connectivity index (χ4n) is 2.19. The molecular weight excluding hydrogens is 413 g/mol. The van der Waals surface area contributed by atoms with Gasteiger partial charge < -0.3 is 20.1 Å². The molecular formula is C15H32IN3O2S. The Hall–Kier alpha value is 0.270. The zero-order valence-corrected chi connectivity index (χ0v) is 17.1. The summed E-state index contributed by atoms with van der Waals surface area (Å²) in [5.74, 6) is 2.77. The van der Waals surface area contributed by atoms with Crippen molar-refractivity contribution < 1.29 is 9.47 Å². The summed E-state index contributed by atoms with van der Waals surface area (Å²) in [5.41, 5.74) is 0. The van der Waals surface area contributed by atoms with Gasteiger partial charge in [-0.1, -0.05) is 0 Å². The van der Waals surface area contributed by atoms with E-state index in [1.165, 1.54) is 5.75 Å². The van der Waals surface area contributed by atoms with E-state index < -0.39 is 0 Å². The van der Waals surface area contributed by atoms with Crippen LogP contribution in [0.25, 0.3) is 0 Å². The van der Waals surface area contributed by atoms with Gasteiger partial charge in [0.05, 0.1) is 0 Å². The molecule has 0 radical (unpaired) electrons. The molecule has 0 amide bonds. The number of guanidine groups is 1. The van der Waals surface area contributed by atoms with Crippen LogP contribution in [0.2, 0.25) is 0 Å². The van der Waals surface area contributed by atoms with Crippen LogP contribution in [0.15, 0.2) is 4.99 Å². The average molecular weight is 445 g/mol. The first kappa shape index (κ1) is 22.3. The lowest BCUT2D eigenvalue weighted by Crippen LogP contribution is -2.38. The highest BCUT2D eigenvalue weighted by Crippen LogP contribution is 2.14. The number of rotatable bonds is 10. The molecule has 0 aromatic rings. The van der Waals surface area contributed by atoms with Gasteiger partial charge in [-0.05, 0) is 43.6 Å². The van der Waals surface area contributed by atoms with Gasteiger partial charge in [-0.2, -0.15) is 11.8 Å². The average Bonchev–Trinajstić information content (AvgIpc) is 2.53. The third-order valence-electron chi connectivity index (χ3n) is 3.49. The number of thioether (sulfide) groups is 1. The standard InChI is InChI=1S/C15H31N3O2S.HI/c1-16-15(18-8-4-12-21-2)17-7-3-9-20-13-14-5-10-19-11-6-14;/h14H,3-13H2,1-2H3,(H2,16,17,18);1H. The number of hydrogen-bond donors (Lipinski definition) is 2. The molecule has 1 fully saturated rings. The zero-order chi connectivity index (χ0) is 15.2. The second kappa shape index (κ2) is 16.1. The minimum atomic E-state index is 0. The van der Waals surface area contributed by atoms with Gasteiger partial charge in [-0.25, -0.2) is 0 Å². The van der Waals surface area contributed by atoms with E-state index in [0.29, 0.717) is 5.92 Å². The molecule has 2 N–H and O–H groups in total. The Labute approximate surface area is 156 Å². The lowest BCUT2D eigenvalue weighted by atomic mass is 10.0. The number of nitrogens with one attached hydrogen (secondary N) is 2. The van der Waals surface area contributed by atoms with E-state index in [4.69, 9.17) is 9.47 Å². The summed E-state index contributed by atoms with van der Waals surface area (Å²) in [4.78, 5) is 4.21. The summed E-state index contributed by atoms with van der Waals surface area (Å²) in [6.07, 6.45) is 6.59. The Bertz CT molecular complexity index is 278. The van der Waals surface area contributed by atoms with E-state index in [0.717, 1.165) is 71.2 Å². The molecule has 1 heterocycles. The van der Waals surface area contributed by atoms with Crippen LogP contribution < -0.4 is 10.6 Å². The Balaban J connectivity index is 0.00000441. The van der Waals surface area contributed by atoms with Crippen molar-refractivity contribution in [1.29, 1.82) is 0 Å². The molecule has 0 spiro atoms. The van der Waals surface area contributed by atoms with E-state index in [9.17, 15) is 0 Å². The molecule has 0 bridgehead atoms. The summed E-state index contributed by atoms with van der Waals surface area (Å²) in [5, 5.41) is 6.63. The van der Waals surface area contributed by atoms with E-state index in [1.807, 2.05) is 18.8 Å². The number of ether oxygens (including phenoxy) is 2. The number of halogens is 1. The summed E-state index contributed by atoms with van der Waals surface area (Å²) >= 11 is 1.87. The topological polar surface area (TPSA) is 54.9 Å². The number of aliphatic imine (C=N–C) groups is 1. The van der Waals surface area contributed by atoms with Gasteiger partial charge in [0.25, 0.3) is 0 Å². The zero-order valence-electron chi connectivity index (χ0n) is 13.9. The molecule has 0 atom stereocenters. The van der Waals surface area contributed by atoms with Crippen molar-refractivity contribution in [1.82, 2.24) is 10.6 Å². The van der Waals surface area contributed by atoms with Gasteiger partial charge in [0.15, 0.2) is 5.96 Å². The first-order valence-corrected chi connectivity index (χ1v) is 9.35. The molecule has 22 heavy (non-hydrogen) atoms. The van der Waals surface area contributed by atoms with Crippen LogP contribution >= 0.6 is 35.7 Å². The lowest BCUT2D eigenvalue weighted by Gasteiger charge is -2.21. The molecule has 0 unspecified atom stereocenters. The maximum absolute atomic E-state index is 5.74. The predicted octanol–water partition coefficient (Wildman–Crippen LogP) is 2.36. The molecule has 132 valence electrons. The maximum atomic E-state index is 5.74. The van der Waals surface area contributed by atoms with Gasteiger partial charge >= 0.3 is 0 Å². The Morgan fingerprint density at radius 3 is 2.55 bits per heavy atom. The largest absolute Gasteiger partial charge is 0.381 e. The fourth-order valence-corrected chi connectivity index (χ4v) is 2.62. The molecule has 1 aliphatic heterocycles. The minimum absolute atomic E-state index is 0. The molecule has 5 nitrogen and oxygen atoms in total. The molecule has 0 aliphatic carbocycles. The lowest BCUT2D eigenvalue weighted by molar-refractivity contribution is 0.0203. The first-order chi connectivity index (χ1) is 10.4. The highest BCUT2D eigenvalue weighted by Gasteiger charge is 2.13. The monoisotopic (exact) mass is 445 g/mol. The number of hydrogen-bond acceptors (Lipinski definition) is 4. The summed E-state index contributed by atoms with van der Waals surface area (Å²) < 4.78 is 11.1. The highest BCUT2D eigenvalue weighted by molar-refractivity contribution is 14.0. The van der Waals surface area contributed by atoms with Crippen LogP contribution in [0, 0.1) is 5.92 Å². The quantitative estimate of drug-likeness (QED) is 0.234. The third-order valence-corrected chi connectivity index (χ3v) is 4.19. The molecule has 0 aromatic heterocycles. The van der Waals surface area contributed by atoms with Crippen LogP contribution in [0.3, 0.4) is 0 Å². The third kappa shape index (κ3) is 11.8. The van der Waals surface area contributed by atoms with Crippen LogP contribution in [-0.4, -0.2) is 64.5 Å². The molecule has 7 heteroatoms. The SMILES string of the molecule is CN=C(NCCCOCC1CCOCC1)NCCCSC.I. The number of nitrogens with zero attached hydrogens (tertiary/aromatic N) is 1. The van der Waals surface area contributed by atoms with Crippen molar-refractivity contribution in [2.75, 3.05) is 58.6 Å². The van der Waals surface area contributed by atoms with Crippen molar-refractivity contribution in [2.24, 2.45) is 10.9 Å². The Kier molecular flexibility index (Phi) is 16.3. The Morgan fingerprint density at radius 1 is 1.23 bits per heavy atom. The van der Waals surface area contributed by atoms with Crippen LogP contribution in [-0.2, 0) is 9.47 Å². The summed E-state index contributed by atoms with van der Waals surface area (Å²) in [6, 6.07) is 0. The van der Waals surface area contributed by atoms with E-state index >= 15 is 0 Å². The molecule has 1 rings (SSSR count). The second-order valence-electron chi connectivity index (χ2n) is 5.26. The first-order valence-electron chi connectivity index (χ1n) is 7.95. The van der Waals surface area contributed by atoms with E-state index in [-0.39, 0.29) is 24.0 Å². The van der Waals surface area contributed by atoms with Crippen molar-refractivity contribution in [3.8, 4) is 0 Å².